The van der Waals surface area contributed by atoms with Gasteiger partial charge in [-0.2, -0.15) is 0 Å². The smallest absolute Gasteiger partial charge is 0.325 e. The fraction of sp³-hybridized carbons (Fsp3) is 0.412. The second kappa shape index (κ2) is 7.42. The Morgan fingerprint density at radius 1 is 1.42 bits per heavy atom. The van der Waals surface area contributed by atoms with E-state index in [-0.39, 0.29) is 19.6 Å². The molecule has 0 bridgehead atoms. The lowest BCUT2D eigenvalue weighted by Gasteiger charge is -2.35. The summed E-state index contributed by atoms with van der Waals surface area (Å²) in [4.78, 5) is 25.9. The summed E-state index contributed by atoms with van der Waals surface area (Å²) in [6, 6.07) is 8.13. The molecule has 1 fully saturated rings. The molecule has 1 aromatic rings. The summed E-state index contributed by atoms with van der Waals surface area (Å²) in [5.74, 6) is -0.00760. The maximum atomic E-state index is 12.4. The average molecular weight is 363 g/mol. The van der Waals surface area contributed by atoms with E-state index in [9.17, 15) is 14.7 Å². The van der Waals surface area contributed by atoms with Gasteiger partial charge in [0.05, 0.1) is 12.7 Å². The Hall–Kier alpha value is -2.46. The van der Waals surface area contributed by atoms with Crippen molar-refractivity contribution in [2.45, 2.75) is 30.5 Å². The lowest BCUT2D eigenvalue weighted by molar-refractivity contribution is -0.125. The summed E-state index contributed by atoms with van der Waals surface area (Å²) in [7, 11) is 0. The highest BCUT2D eigenvalue weighted by Gasteiger charge is 2.43. The molecule has 0 radical (unpaired) electrons. The fourth-order valence-corrected chi connectivity index (χ4v) is 2.77. The molecule has 0 aliphatic carbocycles. The van der Waals surface area contributed by atoms with Crippen molar-refractivity contribution in [2.75, 3.05) is 13.2 Å². The van der Waals surface area contributed by atoms with Crippen LogP contribution in [0.3, 0.4) is 0 Å². The van der Waals surface area contributed by atoms with Crippen LogP contribution < -0.4 is 15.8 Å². The molecule has 1 saturated heterocycles. The Bertz CT molecular complexity index is 697. The van der Waals surface area contributed by atoms with Gasteiger partial charge in [0.1, 0.15) is 18.1 Å². The van der Waals surface area contributed by atoms with Crippen molar-refractivity contribution in [2.24, 2.45) is 5.73 Å². The highest BCUT2D eigenvalue weighted by molar-refractivity contribution is 5.96. The van der Waals surface area contributed by atoms with Crippen LogP contribution in [0, 0.1) is 0 Å². The number of para-hydroxylation sites is 1. The Morgan fingerprint density at radius 2 is 2.15 bits per heavy atom. The van der Waals surface area contributed by atoms with Crippen LogP contribution in [-0.4, -0.2) is 64.2 Å². The zero-order valence-electron chi connectivity index (χ0n) is 13.9. The van der Waals surface area contributed by atoms with E-state index in [1.165, 1.54) is 17.2 Å². The number of benzene rings is 1. The summed E-state index contributed by atoms with van der Waals surface area (Å²) in [6.45, 7) is -0.663. The molecular weight excluding hydrogens is 342 g/mol. The number of ether oxygens (including phenoxy) is 2. The molecule has 4 atom stereocenters. The first-order valence-electron chi connectivity index (χ1n) is 8.17. The molecule has 2 amide bonds. The van der Waals surface area contributed by atoms with Gasteiger partial charge in [0.2, 0.25) is 5.78 Å². The first-order chi connectivity index (χ1) is 12.4. The second-order valence-electron chi connectivity index (χ2n) is 6.16. The first kappa shape index (κ1) is 18.3. The molecule has 9 nitrogen and oxygen atoms in total. The number of ketones is 1. The van der Waals surface area contributed by atoms with Crippen molar-refractivity contribution in [1.82, 2.24) is 10.2 Å². The van der Waals surface area contributed by atoms with Crippen LogP contribution in [0.2, 0.25) is 0 Å². The lowest BCUT2D eigenvalue weighted by atomic mass is 10.0. The van der Waals surface area contributed by atoms with Gasteiger partial charge in [-0.25, -0.2) is 4.79 Å². The number of urea groups is 1. The normalized spacial score (nSPS) is 31.0. The maximum absolute atomic E-state index is 12.4. The number of carbonyl (C=O) groups is 2. The van der Waals surface area contributed by atoms with Crippen LogP contribution in [-0.2, 0) is 9.53 Å². The molecule has 0 aromatic heterocycles. The first-order valence-corrected chi connectivity index (χ1v) is 8.17. The van der Waals surface area contributed by atoms with Crippen molar-refractivity contribution >= 4 is 11.8 Å². The number of rotatable bonds is 6. The molecule has 1 aromatic carbocycles. The fourth-order valence-electron chi connectivity index (χ4n) is 2.77. The zero-order valence-corrected chi connectivity index (χ0v) is 13.9. The quantitative estimate of drug-likeness (QED) is 0.525. The van der Waals surface area contributed by atoms with Gasteiger partial charge in [-0.05, 0) is 18.2 Å². The standard InChI is InChI=1S/C17H21N3O6/c18-17(14(23)10-25-11-4-2-1-3-5-11)6-7-20(16(24)19-17)15-8-12(22)13(9-21)26-15/h1-7,12-13,15,21-22H,8-10,18H2,(H,19,24)/t12-,13+,15+,17?/m0/s1. The Balaban J connectivity index is 1.63. The van der Waals surface area contributed by atoms with E-state index >= 15 is 0 Å². The van der Waals surface area contributed by atoms with Crippen LogP contribution in [0.5, 0.6) is 5.75 Å². The summed E-state index contributed by atoms with van der Waals surface area (Å²) in [5.41, 5.74) is 4.30. The van der Waals surface area contributed by atoms with Crippen LogP contribution in [0.15, 0.2) is 42.6 Å². The monoisotopic (exact) mass is 363 g/mol. The van der Waals surface area contributed by atoms with Gasteiger partial charge < -0.3 is 25.0 Å². The highest BCUT2D eigenvalue weighted by atomic mass is 16.5. The third-order valence-electron chi connectivity index (χ3n) is 4.32. The minimum Gasteiger partial charge on any atom is -0.486 e. The lowest BCUT2D eigenvalue weighted by Crippen LogP contribution is -2.66. The summed E-state index contributed by atoms with van der Waals surface area (Å²) >= 11 is 0. The van der Waals surface area contributed by atoms with E-state index in [1.54, 1.807) is 24.3 Å². The third-order valence-corrected chi connectivity index (χ3v) is 4.32. The summed E-state index contributed by atoms with van der Waals surface area (Å²) in [6.07, 6.45) is 0.441. The molecule has 5 N–H and O–H groups in total. The molecule has 3 rings (SSSR count). The van der Waals surface area contributed by atoms with E-state index in [1.807, 2.05) is 6.07 Å². The Morgan fingerprint density at radius 3 is 2.77 bits per heavy atom. The number of aliphatic hydroxyl groups is 2. The number of Topliss-reactive ketones (excluding diaryl/α,β-unsaturated/α-hetero) is 1. The second-order valence-corrected chi connectivity index (χ2v) is 6.16. The van der Waals surface area contributed by atoms with Gasteiger partial charge in [0.15, 0.2) is 12.3 Å². The summed E-state index contributed by atoms with van der Waals surface area (Å²) in [5, 5.41) is 21.3. The van der Waals surface area contributed by atoms with Crippen molar-refractivity contribution < 1.29 is 29.3 Å². The molecule has 9 heteroatoms. The van der Waals surface area contributed by atoms with Gasteiger partial charge >= 0.3 is 6.03 Å². The molecule has 0 saturated carbocycles. The molecule has 0 spiro atoms. The molecular formula is C17H21N3O6. The molecule has 2 heterocycles. The predicted molar refractivity (Wildman–Crippen MR) is 89.7 cm³/mol. The number of nitrogens with zero attached hydrogens (tertiary/aromatic N) is 1. The molecule has 140 valence electrons. The Kier molecular flexibility index (Phi) is 5.23. The van der Waals surface area contributed by atoms with Crippen molar-refractivity contribution in [3.8, 4) is 5.75 Å². The average Bonchev–Trinajstić information content (AvgIpc) is 3.01. The number of hydrogen-bond acceptors (Lipinski definition) is 7. The third kappa shape index (κ3) is 3.70. The van der Waals surface area contributed by atoms with Gasteiger partial charge in [-0.1, -0.05) is 18.2 Å². The van der Waals surface area contributed by atoms with Gasteiger partial charge in [-0.3, -0.25) is 15.4 Å². The van der Waals surface area contributed by atoms with Crippen LogP contribution >= 0.6 is 0 Å². The van der Waals surface area contributed by atoms with Gasteiger partial charge in [0.25, 0.3) is 0 Å². The summed E-state index contributed by atoms with van der Waals surface area (Å²) < 4.78 is 10.8. The topological polar surface area (TPSA) is 134 Å². The van der Waals surface area contributed by atoms with E-state index in [0.717, 1.165) is 0 Å². The SMILES string of the molecule is NC1(C(=O)COc2ccccc2)C=CN([C@H]2C[C@H](O)[C@@H](CO)O2)C(=O)N1. The van der Waals surface area contributed by atoms with E-state index in [4.69, 9.17) is 20.3 Å². The van der Waals surface area contributed by atoms with Gasteiger partial charge in [0, 0.05) is 12.6 Å². The maximum Gasteiger partial charge on any atom is 0.325 e. The van der Waals surface area contributed by atoms with Gasteiger partial charge in [-0.15, -0.1) is 0 Å². The number of aliphatic hydroxyl groups excluding tert-OH is 2. The Labute approximate surface area is 150 Å². The molecule has 1 unspecified atom stereocenters. The number of hydrogen-bond donors (Lipinski definition) is 4. The van der Waals surface area contributed by atoms with E-state index in [2.05, 4.69) is 5.32 Å². The van der Waals surface area contributed by atoms with Crippen LogP contribution in [0.1, 0.15) is 6.42 Å². The molecule has 26 heavy (non-hydrogen) atoms. The molecule has 2 aliphatic heterocycles. The van der Waals surface area contributed by atoms with Crippen molar-refractivity contribution in [3.05, 3.63) is 42.6 Å². The van der Waals surface area contributed by atoms with E-state index < -0.39 is 35.9 Å². The minimum absolute atomic E-state index is 0.144. The number of carbonyl (C=O) groups excluding carboxylic acids is 2. The van der Waals surface area contributed by atoms with Crippen LogP contribution in [0.4, 0.5) is 4.79 Å². The predicted octanol–water partition coefficient (Wildman–Crippen LogP) is -0.703. The van der Waals surface area contributed by atoms with Crippen molar-refractivity contribution in [1.29, 1.82) is 0 Å². The van der Waals surface area contributed by atoms with E-state index in [0.29, 0.717) is 5.75 Å². The van der Waals surface area contributed by atoms with Crippen molar-refractivity contribution in [3.63, 3.8) is 0 Å². The van der Waals surface area contributed by atoms with Crippen LogP contribution in [0.25, 0.3) is 0 Å². The zero-order chi connectivity index (χ0) is 18.7. The molecule has 2 aliphatic rings. The largest absolute Gasteiger partial charge is 0.486 e. The number of nitrogens with two attached hydrogens (primary N) is 1. The number of nitrogens with one attached hydrogen (secondary N) is 1. The number of amides is 2. The minimum atomic E-state index is -1.70. The highest BCUT2D eigenvalue weighted by Crippen LogP contribution is 2.25.